The Morgan fingerprint density at radius 1 is 1.14 bits per heavy atom. The lowest BCUT2D eigenvalue weighted by Gasteiger charge is -2.55. The fraction of sp³-hybridized carbons (Fsp3) is 0.667. The van der Waals surface area contributed by atoms with Crippen molar-refractivity contribution in [3.05, 3.63) is 35.9 Å². The van der Waals surface area contributed by atoms with Crippen LogP contribution in [0.1, 0.15) is 31.2 Å². The van der Waals surface area contributed by atoms with Gasteiger partial charge in [0.05, 0.1) is 6.61 Å². The molecule has 5 nitrogen and oxygen atoms in total. The Labute approximate surface area is 180 Å². The molecule has 0 saturated carbocycles. The Morgan fingerprint density at radius 2 is 1.89 bits per heavy atom. The van der Waals surface area contributed by atoms with E-state index >= 15 is 0 Å². The third kappa shape index (κ3) is 4.82. The standard InChI is InChI=1S/C21H31N3O2.2ClH/c22-19(14-25)21(26)23-11-16-9-17(13-23)20-8-4-7-18(24(20)12-16)10-15-5-2-1-3-6-15;;/h1-3,5-6,16-20,25H,4,7-14,22H2;2*1H/t16-,17+,18+,19-,20-;;/m0../s1. The first-order valence-corrected chi connectivity index (χ1v) is 10.1. The predicted molar refractivity (Wildman–Crippen MR) is 116 cm³/mol. The molecule has 158 valence electrons. The molecule has 3 fully saturated rings. The second-order valence-electron chi connectivity index (χ2n) is 8.43. The number of fused-ring (bicyclic) bond motifs is 4. The number of likely N-dealkylation sites (tertiary alicyclic amines) is 1. The molecule has 3 heterocycles. The maximum Gasteiger partial charge on any atom is 0.241 e. The van der Waals surface area contributed by atoms with Crippen LogP contribution in [0.25, 0.3) is 0 Å². The number of carbonyl (C=O) groups is 1. The lowest BCUT2D eigenvalue weighted by molar-refractivity contribution is -0.141. The number of carbonyl (C=O) groups excluding carboxylic acids is 1. The third-order valence-electron chi connectivity index (χ3n) is 6.65. The van der Waals surface area contributed by atoms with Crippen molar-refractivity contribution in [2.45, 2.75) is 50.2 Å². The highest BCUT2D eigenvalue weighted by atomic mass is 35.5. The lowest BCUT2D eigenvalue weighted by atomic mass is 9.74. The number of rotatable bonds is 4. The first-order chi connectivity index (χ1) is 12.7. The summed E-state index contributed by atoms with van der Waals surface area (Å²) in [5, 5.41) is 9.22. The maximum absolute atomic E-state index is 12.5. The van der Waals surface area contributed by atoms with E-state index in [1.165, 1.54) is 31.2 Å². The maximum atomic E-state index is 12.5. The molecule has 3 aliphatic rings. The highest BCUT2D eigenvalue weighted by Gasteiger charge is 2.45. The number of benzene rings is 1. The minimum Gasteiger partial charge on any atom is -0.394 e. The summed E-state index contributed by atoms with van der Waals surface area (Å²) in [6.45, 7) is 2.43. The van der Waals surface area contributed by atoms with Crippen molar-refractivity contribution in [3.63, 3.8) is 0 Å². The normalized spacial score (nSPS) is 30.4. The molecule has 7 heteroatoms. The van der Waals surface area contributed by atoms with Crippen LogP contribution in [0.3, 0.4) is 0 Å². The molecule has 1 aromatic carbocycles. The van der Waals surface area contributed by atoms with Crippen LogP contribution in [0.4, 0.5) is 0 Å². The van der Waals surface area contributed by atoms with E-state index in [4.69, 9.17) is 5.73 Å². The smallest absolute Gasteiger partial charge is 0.241 e. The van der Waals surface area contributed by atoms with Crippen molar-refractivity contribution in [1.29, 1.82) is 0 Å². The Morgan fingerprint density at radius 3 is 2.61 bits per heavy atom. The zero-order valence-electron chi connectivity index (χ0n) is 16.3. The number of nitrogens with two attached hydrogens (primary N) is 1. The molecule has 1 aromatic rings. The summed E-state index contributed by atoms with van der Waals surface area (Å²) >= 11 is 0. The van der Waals surface area contributed by atoms with Crippen LogP contribution < -0.4 is 5.73 Å². The first kappa shape index (κ1) is 23.4. The number of halogens is 2. The number of hydrogen-bond acceptors (Lipinski definition) is 4. The molecule has 0 unspecified atom stereocenters. The number of aliphatic hydroxyl groups is 1. The van der Waals surface area contributed by atoms with Gasteiger partial charge in [-0.05, 0) is 43.1 Å². The Hall–Kier alpha value is -0.850. The van der Waals surface area contributed by atoms with Gasteiger partial charge in [-0.25, -0.2) is 0 Å². The molecule has 5 atom stereocenters. The summed E-state index contributed by atoms with van der Waals surface area (Å²) in [5.41, 5.74) is 7.22. The van der Waals surface area contributed by atoms with Crippen molar-refractivity contribution in [1.82, 2.24) is 9.80 Å². The number of piperidine rings is 3. The number of nitrogens with zero attached hydrogens (tertiary/aromatic N) is 2. The average Bonchev–Trinajstić information content (AvgIpc) is 2.68. The summed E-state index contributed by atoms with van der Waals surface area (Å²) in [7, 11) is 0. The van der Waals surface area contributed by atoms with Crippen LogP contribution in [0.5, 0.6) is 0 Å². The molecule has 0 aromatic heterocycles. The minimum atomic E-state index is -0.762. The van der Waals surface area contributed by atoms with Gasteiger partial charge in [0.15, 0.2) is 0 Å². The predicted octanol–water partition coefficient (Wildman–Crippen LogP) is 2.09. The molecule has 3 saturated heterocycles. The van der Waals surface area contributed by atoms with Gasteiger partial charge < -0.3 is 15.7 Å². The van der Waals surface area contributed by atoms with Gasteiger partial charge >= 0.3 is 0 Å². The van der Waals surface area contributed by atoms with Gasteiger partial charge in [-0.1, -0.05) is 36.8 Å². The zero-order chi connectivity index (χ0) is 18.1. The second kappa shape index (κ2) is 10.3. The molecule has 0 aliphatic carbocycles. The molecular formula is C21H33Cl2N3O2. The molecule has 28 heavy (non-hydrogen) atoms. The van der Waals surface area contributed by atoms with E-state index in [0.717, 1.165) is 26.1 Å². The molecule has 3 aliphatic heterocycles. The Balaban J connectivity index is 0.00000140. The van der Waals surface area contributed by atoms with Crippen molar-refractivity contribution >= 4 is 30.7 Å². The van der Waals surface area contributed by atoms with Gasteiger partial charge in [0, 0.05) is 31.7 Å². The van der Waals surface area contributed by atoms with Crippen LogP contribution in [0.15, 0.2) is 30.3 Å². The number of amides is 1. The van der Waals surface area contributed by atoms with E-state index in [2.05, 4.69) is 35.2 Å². The van der Waals surface area contributed by atoms with Gasteiger partial charge in [0.2, 0.25) is 5.91 Å². The largest absolute Gasteiger partial charge is 0.394 e. The molecule has 0 spiro atoms. The van der Waals surface area contributed by atoms with E-state index in [-0.39, 0.29) is 37.3 Å². The van der Waals surface area contributed by atoms with E-state index < -0.39 is 6.04 Å². The van der Waals surface area contributed by atoms with Crippen LogP contribution in [-0.2, 0) is 11.2 Å². The molecular weight excluding hydrogens is 397 g/mol. The van der Waals surface area contributed by atoms with Crippen LogP contribution in [0.2, 0.25) is 0 Å². The molecule has 4 rings (SSSR count). The molecule has 1 amide bonds. The number of aliphatic hydroxyl groups excluding tert-OH is 1. The quantitative estimate of drug-likeness (QED) is 0.768. The van der Waals surface area contributed by atoms with Gasteiger partial charge in [-0.15, -0.1) is 24.8 Å². The van der Waals surface area contributed by atoms with Crippen LogP contribution in [0, 0.1) is 11.8 Å². The molecule has 3 N–H and O–H groups in total. The summed E-state index contributed by atoms with van der Waals surface area (Å²) in [6, 6.07) is 11.3. The van der Waals surface area contributed by atoms with Crippen molar-refractivity contribution in [2.75, 3.05) is 26.2 Å². The van der Waals surface area contributed by atoms with Crippen molar-refractivity contribution in [3.8, 4) is 0 Å². The summed E-state index contributed by atoms with van der Waals surface area (Å²) in [6.07, 6.45) is 6.18. The zero-order valence-corrected chi connectivity index (χ0v) is 17.9. The number of hydrogen-bond donors (Lipinski definition) is 2. The van der Waals surface area contributed by atoms with Crippen molar-refractivity contribution < 1.29 is 9.90 Å². The lowest BCUT2D eigenvalue weighted by Crippen LogP contribution is -2.63. The third-order valence-corrected chi connectivity index (χ3v) is 6.65. The molecule has 0 radical (unpaired) electrons. The van der Waals surface area contributed by atoms with Gasteiger partial charge in [0.25, 0.3) is 0 Å². The highest BCUT2D eigenvalue weighted by Crippen LogP contribution is 2.40. The van der Waals surface area contributed by atoms with Crippen LogP contribution >= 0.6 is 24.8 Å². The van der Waals surface area contributed by atoms with Gasteiger partial charge in [-0.3, -0.25) is 9.69 Å². The SMILES string of the molecule is Cl.Cl.N[C@@H](CO)C(=O)N1C[C@@H]2C[C@H](C1)[C@@H]1CCC[C@H](Cc3ccccc3)N1C2. The fourth-order valence-corrected chi connectivity index (χ4v) is 5.51. The second-order valence-corrected chi connectivity index (χ2v) is 8.43. The minimum absolute atomic E-state index is 0. The topological polar surface area (TPSA) is 69.8 Å². The Kier molecular flexibility index (Phi) is 8.59. The van der Waals surface area contributed by atoms with E-state index in [1.807, 2.05) is 4.90 Å². The summed E-state index contributed by atoms with van der Waals surface area (Å²) < 4.78 is 0. The molecule has 2 bridgehead atoms. The van der Waals surface area contributed by atoms with Crippen molar-refractivity contribution in [2.24, 2.45) is 17.6 Å². The highest BCUT2D eigenvalue weighted by molar-refractivity contribution is 5.85. The van der Waals surface area contributed by atoms with Gasteiger partial charge in [-0.2, -0.15) is 0 Å². The average molecular weight is 430 g/mol. The van der Waals surface area contributed by atoms with E-state index in [1.54, 1.807) is 0 Å². The summed E-state index contributed by atoms with van der Waals surface area (Å²) in [5.74, 6) is 1.01. The van der Waals surface area contributed by atoms with Gasteiger partial charge in [0.1, 0.15) is 6.04 Å². The Bertz CT molecular complexity index is 633. The summed E-state index contributed by atoms with van der Waals surface area (Å²) in [4.78, 5) is 17.1. The van der Waals surface area contributed by atoms with Crippen LogP contribution in [-0.4, -0.2) is 65.2 Å². The monoisotopic (exact) mass is 429 g/mol. The van der Waals surface area contributed by atoms with E-state index in [0.29, 0.717) is 23.9 Å². The fourth-order valence-electron chi connectivity index (χ4n) is 5.51. The first-order valence-electron chi connectivity index (χ1n) is 10.1. The van der Waals surface area contributed by atoms with E-state index in [9.17, 15) is 9.90 Å².